The quantitative estimate of drug-likeness (QED) is 0.626. The first-order valence-electron chi connectivity index (χ1n) is 9.95. The number of hydroxylamine groups is 2. The molecule has 0 N–H and O–H groups in total. The average Bonchev–Trinajstić information content (AvgIpc) is 2.70. The molecule has 30 heavy (non-hydrogen) atoms. The summed E-state index contributed by atoms with van der Waals surface area (Å²) in [5, 5.41) is 1.42. The number of nitrogens with zero attached hydrogens (tertiary/aromatic N) is 2. The number of anilines is 1. The van der Waals surface area contributed by atoms with Crippen molar-refractivity contribution in [2.24, 2.45) is 5.92 Å². The van der Waals surface area contributed by atoms with E-state index in [0.29, 0.717) is 37.3 Å². The second kappa shape index (κ2) is 8.56. The Balaban J connectivity index is 1.76. The highest BCUT2D eigenvalue weighted by molar-refractivity contribution is 7.87. The monoisotopic (exact) mass is 438 g/mol. The Morgan fingerprint density at radius 2 is 1.87 bits per heavy atom. The van der Waals surface area contributed by atoms with Gasteiger partial charge in [0.05, 0.1) is 25.7 Å². The van der Waals surface area contributed by atoms with Crippen LogP contribution in [0, 0.1) is 5.92 Å². The van der Waals surface area contributed by atoms with Crippen molar-refractivity contribution < 1.29 is 27.0 Å². The maximum Gasteiger partial charge on any atom is 0.308 e. The molecule has 9 heteroatoms. The molecule has 1 saturated heterocycles. The van der Waals surface area contributed by atoms with E-state index in [0.717, 1.165) is 11.3 Å². The minimum atomic E-state index is -3.86. The molecule has 0 saturated carbocycles. The van der Waals surface area contributed by atoms with Crippen LogP contribution in [-0.2, 0) is 23.9 Å². The molecule has 0 radical (unpaired) electrons. The van der Waals surface area contributed by atoms with Gasteiger partial charge in [-0.05, 0) is 44.4 Å². The average molecular weight is 439 g/mol. The molecule has 0 unspecified atom stereocenters. The van der Waals surface area contributed by atoms with Crippen LogP contribution in [0.15, 0.2) is 24.3 Å². The zero-order valence-corrected chi connectivity index (χ0v) is 19.0. The molecule has 0 bridgehead atoms. The van der Waals surface area contributed by atoms with Gasteiger partial charge in [0.25, 0.3) is 10.1 Å². The summed E-state index contributed by atoms with van der Waals surface area (Å²) in [7, 11) is 1.08. The van der Waals surface area contributed by atoms with Gasteiger partial charge in [-0.2, -0.15) is 17.8 Å². The molecule has 3 rings (SSSR count). The van der Waals surface area contributed by atoms with E-state index in [9.17, 15) is 13.2 Å². The van der Waals surface area contributed by atoms with E-state index in [-0.39, 0.29) is 23.2 Å². The molecular weight excluding hydrogens is 408 g/mol. The first kappa shape index (κ1) is 22.6. The van der Waals surface area contributed by atoms with Crippen LogP contribution >= 0.6 is 0 Å². The molecule has 8 nitrogen and oxygen atoms in total. The first-order valence-corrected chi connectivity index (χ1v) is 11.5. The van der Waals surface area contributed by atoms with Crippen LogP contribution < -0.4 is 9.64 Å². The molecule has 2 heterocycles. The summed E-state index contributed by atoms with van der Waals surface area (Å²) in [6.07, 6.45) is 2.98. The van der Waals surface area contributed by atoms with E-state index in [1.807, 2.05) is 45.2 Å². The van der Waals surface area contributed by atoms with Gasteiger partial charge in [0.15, 0.2) is 0 Å². The largest absolute Gasteiger partial charge is 0.497 e. The van der Waals surface area contributed by atoms with Gasteiger partial charge in [0, 0.05) is 37.5 Å². The number of fused-ring (bicyclic) bond motifs is 1. The third-order valence-corrected chi connectivity index (χ3v) is 6.95. The lowest BCUT2D eigenvalue weighted by Crippen LogP contribution is -2.43. The van der Waals surface area contributed by atoms with Crippen molar-refractivity contribution in [2.45, 2.75) is 32.2 Å². The van der Waals surface area contributed by atoms with Crippen LogP contribution in [0.3, 0.4) is 0 Å². The van der Waals surface area contributed by atoms with Gasteiger partial charge in [0.1, 0.15) is 11.5 Å². The van der Waals surface area contributed by atoms with E-state index in [4.69, 9.17) is 13.8 Å². The topological polar surface area (TPSA) is 85.4 Å². The maximum absolute atomic E-state index is 12.8. The number of hydrogen-bond donors (Lipinski definition) is 0. The number of carbonyl (C=O) groups is 1. The predicted octanol–water partition coefficient (Wildman–Crippen LogP) is 2.45. The fraction of sp³-hybridized carbons (Fsp3) is 0.571. The van der Waals surface area contributed by atoms with Crippen LogP contribution in [0.25, 0.3) is 5.57 Å². The third-order valence-electron chi connectivity index (χ3n) is 5.84. The summed E-state index contributed by atoms with van der Waals surface area (Å²) in [5.41, 5.74) is 2.07. The molecule has 0 amide bonds. The molecule has 0 aliphatic carbocycles. The molecule has 0 atom stereocenters. The second-order valence-corrected chi connectivity index (χ2v) is 9.82. The van der Waals surface area contributed by atoms with Crippen molar-refractivity contribution in [3.05, 3.63) is 29.8 Å². The molecule has 1 aromatic carbocycles. The second-order valence-electron chi connectivity index (χ2n) is 8.27. The highest BCUT2D eigenvalue weighted by atomic mass is 32.2. The summed E-state index contributed by atoms with van der Waals surface area (Å²) >= 11 is 0. The van der Waals surface area contributed by atoms with E-state index in [1.54, 1.807) is 7.11 Å². The zero-order chi connectivity index (χ0) is 22.1. The van der Waals surface area contributed by atoms with E-state index in [2.05, 4.69) is 4.90 Å². The highest BCUT2D eigenvalue weighted by Gasteiger charge is 2.34. The van der Waals surface area contributed by atoms with Crippen molar-refractivity contribution in [3.63, 3.8) is 0 Å². The van der Waals surface area contributed by atoms with Crippen molar-refractivity contribution in [3.8, 4) is 5.75 Å². The SMILES string of the molecule is COC(=O)C1CCN(OS(=O)(=O)CC2=CC(C)(C)N(C)c3cc(OC)ccc32)CC1. The van der Waals surface area contributed by atoms with Crippen LogP contribution in [0.2, 0.25) is 0 Å². The Kier molecular flexibility index (Phi) is 6.45. The standard InChI is InChI=1S/C21H30N2O6S/c1-21(2)13-16(18-7-6-17(27-4)12-19(18)22(21)3)14-30(25,26)29-23-10-8-15(9-11-23)20(24)28-5/h6-7,12-13,15H,8-11,14H2,1-5H3. The van der Waals surface area contributed by atoms with Gasteiger partial charge in [-0.25, -0.2) is 0 Å². The Morgan fingerprint density at radius 3 is 2.47 bits per heavy atom. The molecule has 2 aliphatic heterocycles. The molecular formula is C21H30N2O6S. The molecule has 0 spiro atoms. The fourth-order valence-corrected chi connectivity index (χ4v) is 5.07. The Labute approximate surface area is 178 Å². The van der Waals surface area contributed by atoms with Gasteiger partial charge < -0.3 is 14.4 Å². The minimum absolute atomic E-state index is 0.211. The summed E-state index contributed by atoms with van der Waals surface area (Å²) < 4.78 is 41.1. The number of esters is 1. The highest BCUT2D eigenvalue weighted by Crippen LogP contribution is 2.40. The predicted molar refractivity (Wildman–Crippen MR) is 115 cm³/mol. The number of hydrogen-bond acceptors (Lipinski definition) is 8. The minimum Gasteiger partial charge on any atom is -0.497 e. The van der Waals surface area contributed by atoms with Gasteiger partial charge >= 0.3 is 5.97 Å². The lowest BCUT2D eigenvalue weighted by atomic mass is 9.89. The summed E-state index contributed by atoms with van der Waals surface area (Å²) in [6.45, 7) is 4.78. The molecule has 2 aliphatic rings. The number of likely N-dealkylation sites (N-methyl/N-ethyl adjacent to an activating group) is 1. The van der Waals surface area contributed by atoms with Gasteiger partial charge in [-0.1, -0.05) is 6.08 Å². The zero-order valence-electron chi connectivity index (χ0n) is 18.2. The number of rotatable bonds is 6. The number of ether oxygens (including phenoxy) is 2. The summed E-state index contributed by atoms with van der Waals surface area (Å²) in [4.78, 5) is 13.7. The number of benzene rings is 1. The van der Waals surface area contributed by atoms with Crippen LogP contribution in [-0.4, -0.2) is 65.1 Å². The van der Waals surface area contributed by atoms with Crippen molar-refractivity contribution in [1.29, 1.82) is 0 Å². The smallest absolute Gasteiger partial charge is 0.308 e. The number of carbonyl (C=O) groups excluding carboxylic acids is 1. The first-order chi connectivity index (χ1) is 14.1. The van der Waals surface area contributed by atoms with Crippen LogP contribution in [0.1, 0.15) is 32.3 Å². The maximum atomic E-state index is 12.8. The Hall–Kier alpha value is -2.10. The van der Waals surface area contributed by atoms with E-state index < -0.39 is 10.1 Å². The Bertz CT molecular complexity index is 933. The summed E-state index contributed by atoms with van der Waals surface area (Å²) in [5.74, 6) is 0.00542. The van der Waals surface area contributed by atoms with Crippen molar-refractivity contribution >= 4 is 27.3 Å². The fourth-order valence-electron chi connectivity index (χ4n) is 3.93. The third kappa shape index (κ3) is 4.79. The molecule has 1 aromatic rings. The lowest BCUT2D eigenvalue weighted by Gasteiger charge is -2.41. The molecule has 0 aromatic heterocycles. The van der Waals surface area contributed by atoms with E-state index >= 15 is 0 Å². The number of piperidine rings is 1. The van der Waals surface area contributed by atoms with E-state index in [1.165, 1.54) is 12.2 Å². The van der Waals surface area contributed by atoms with Gasteiger partial charge in [0.2, 0.25) is 0 Å². The summed E-state index contributed by atoms with van der Waals surface area (Å²) in [6, 6.07) is 5.61. The van der Waals surface area contributed by atoms with Gasteiger partial charge in [-0.15, -0.1) is 0 Å². The molecule has 166 valence electrons. The lowest BCUT2D eigenvalue weighted by molar-refractivity contribution is -0.150. The molecule has 1 fully saturated rings. The normalized spacial score (nSPS) is 19.8. The van der Waals surface area contributed by atoms with Crippen LogP contribution in [0.4, 0.5) is 5.69 Å². The van der Waals surface area contributed by atoms with Crippen LogP contribution in [0.5, 0.6) is 5.75 Å². The van der Waals surface area contributed by atoms with Crippen molar-refractivity contribution in [1.82, 2.24) is 5.06 Å². The van der Waals surface area contributed by atoms with Crippen molar-refractivity contribution in [2.75, 3.05) is 45.0 Å². The number of methoxy groups -OCH3 is 2. The Morgan fingerprint density at radius 1 is 1.20 bits per heavy atom. The van der Waals surface area contributed by atoms with Gasteiger partial charge in [-0.3, -0.25) is 4.79 Å².